The monoisotopic (exact) mass is 203 g/mol. The van der Waals surface area contributed by atoms with Gasteiger partial charge in [-0.2, -0.15) is 11.8 Å². The van der Waals surface area contributed by atoms with E-state index in [1.807, 2.05) is 11.8 Å². The van der Waals surface area contributed by atoms with E-state index in [0.717, 1.165) is 31.1 Å². The van der Waals surface area contributed by atoms with Gasteiger partial charge >= 0.3 is 6.03 Å². The smallest absolute Gasteiger partial charge is 0.317 e. The van der Waals surface area contributed by atoms with Crippen molar-refractivity contribution in [1.29, 1.82) is 0 Å². The fourth-order valence-electron chi connectivity index (χ4n) is 1.17. The Morgan fingerprint density at radius 2 is 2.54 bits per heavy atom. The largest absolute Gasteiger partial charge is 0.336 e. The Labute approximate surface area is 83.2 Å². The Balaban J connectivity index is 2.02. The molecule has 1 aliphatic heterocycles. The average Bonchev–Trinajstić information content (AvgIpc) is 2.45. The van der Waals surface area contributed by atoms with Gasteiger partial charge in [-0.3, -0.25) is 0 Å². The van der Waals surface area contributed by atoms with Crippen LogP contribution in [0.3, 0.4) is 0 Å². The lowest BCUT2D eigenvalue weighted by atomic mass is 10.4. The van der Waals surface area contributed by atoms with E-state index in [0.29, 0.717) is 0 Å². The summed E-state index contributed by atoms with van der Waals surface area (Å²) in [7, 11) is 0. The number of carbonyl (C=O) groups excluding carboxylic acids is 1. The van der Waals surface area contributed by atoms with Crippen molar-refractivity contribution in [2.45, 2.75) is 13.0 Å². The van der Waals surface area contributed by atoms with Gasteiger partial charge in [0.2, 0.25) is 0 Å². The van der Waals surface area contributed by atoms with Gasteiger partial charge < -0.3 is 16.0 Å². The minimum Gasteiger partial charge on any atom is -0.336 e. The van der Waals surface area contributed by atoms with Crippen LogP contribution in [0, 0.1) is 0 Å². The molecule has 0 saturated carbocycles. The van der Waals surface area contributed by atoms with Crippen LogP contribution in [0.2, 0.25) is 0 Å². The molecular weight excluding hydrogens is 186 g/mol. The van der Waals surface area contributed by atoms with Crippen molar-refractivity contribution in [3.8, 4) is 0 Å². The van der Waals surface area contributed by atoms with Crippen molar-refractivity contribution < 1.29 is 4.79 Å². The number of nitrogens with zero attached hydrogens (tertiary/aromatic N) is 1. The first-order valence-electron chi connectivity index (χ1n) is 4.56. The summed E-state index contributed by atoms with van der Waals surface area (Å²) in [5, 5.41) is 2.77. The Hall–Kier alpha value is -0.420. The van der Waals surface area contributed by atoms with Crippen LogP contribution >= 0.6 is 11.8 Å². The van der Waals surface area contributed by atoms with Crippen molar-refractivity contribution in [3.63, 3.8) is 0 Å². The lowest BCUT2D eigenvalue weighted by Crippen LogP contribution is -2.30. The zero-order chi connectivity index (χ0) is 9.68. The van der Waals surface area contributed by atoms with Crippen LogP contribution in [0.4, 0.5) is 4.79 Å². The van der Waals surface area contributed by atoms with Gasteiger partial charge in [0.1, 0.15) is 0 Å². The molecule has 1 unspecified atom stereocenters. The third-order valence-corrected chi connectivity index (χ3v) is 3.06. The van der Waals surface area contributed by atoms with Crippen LogP contribution in [-0.2, 0) is 0 Å². The van der Waals surface area contributed by atoms with Gasteiger partial charge in [0.05, 0.1) is 0 Å². The summed E-state index contributed by atoms with van der Waals surface area (Å²) in [5.41, 5.74) is 5.60. The van der Waals surface area contributed by atoms with Gasteiger partial charge in [-0.15, -0.1) is 0 Å². The quantitative estimate of drug-likeness (QED) is 0.623. The van der Waals surface area contributed by atoms with Gasteiger partial charge in [-0.05, 0) is 6.92 Å². The van der Waals surface area contributed by atoms with E-state index < -0.39 is 0 Å². The predicted octanol–water partition coefficient (Wildman–Crippen LogP) is 0.0920. The first kappa shape index (κ1) is 10.7. The topological polar surface area (TPSA) is 58.4 Å². The van der Waals surface area contributed by atoms with Crippen LogP contribution in [0.1, 0.15) is 6.92 Å². The van der Waals surface area contributed by atoms with Gasteiger partial charge in [0.25, 0.3) is 0 Å². The molecule has 5 heteroatoms. The van der Waals surface area contributed by atoms with E-state index in [4.69, 9.17) is 5.73 Å². The molecule has 13 heavy (non-hydrogen) atoms. The standard InChI is InChI=1S/C8H17N3OS/c1-7(9)6-13-5-4-11-3-2-10-8(11)12/h7H,2-6,9H2,1H3,(H,10,12). The number of hydrogen-bond donors (Lipinski definition) is 2. The highest BCUT2D eigenvalue weighted by Crippen LogP contribution is 2.04. The zero-order valence-electron chi connectivity index (χ0n) is 7.95. The number of nitrogens with one attached hydrogen (secondary N) is 1. The van der Waals surface area contributed by atoms with Crippen LogP contribution < -0.4 is 11.1 Å². The molecule has 1 fully saturated rings. The molecule has 0 bridgehead atoms. The lowest BCUT2D eigenvalue weighted by molar-refractivity contribution is 0.220. The molecule has 76 valence electrons. The summed E-state index contributed by atoms with van der Waals surface area (Å²) in [6, 6.07) is 0.318. The number of rotatable bonds is 5. The molecule has 1 heterocycles. The van der Waals surface area contributed by atoms with E-state index in [1.165, 1.54) is 0 Å². The lowest BCUT2D eigenvalue weighted by Gasteiger charge is -2.13. The van der Waals surface area contributed by atoms with Crippen LogP contribution in [-0.4, -0.2) is 48.1 Å². The number of urea groups is 1. The maximum Gasteiger partial charge on any atom is 0.317 e. The average molecular weight is 203 g/mol. The van der Waals surface area contributed by atoms with Crippen molar-refractivity contribution >= 4 is 17.8 Å². The number of thioether (sulfide) groups is 1. The fraction of sp³-hybridized carbons (Fsp3) is 0.875. The van der Waals surface area contributed by atoms with Gasteiger partial charge in [0, 0.05) is 37.2 Å². The molecule has 3 N–H and O–H groups in total. The molecule has 0 aromatic rings. The number of hydrogen-bond acceptors (Lipinski definition) is 3. The summed E-state index contributed by atoms with van der Waals surface area (Å²) in [4.78, 5) is 12.9. The maximum atomic E-state index is 11.1. The van der Waals surface area contributed by atoms with E-state index in [-0.39, 0.29) is 12.1 Å². The Kier molecular flexibility index (Phi) is 4.38. The normalized spacial score (nSPS) is 18.9. The molecule has 1 saturated heterocycles. The summed E-state index contributed by atoms with van der Waals surface area (Å²) in [6.07, 6.45) is 0. The van der Waals surface area contributed by atoms with Crippen molar-refractivity contribution in [2.24, 2.45) is 5.73 Å². The second-order valence-corrected chi connectivity index (χ2v) is 4.42. The highest BCUT2D eigenvalue weighted by Gasteiger charge is 2.18. The Morgan fingerprint density at radius 3 is 3.08 bits per heavy atom. The third kappa shape index (κ3) is 3.87. The molecule has 1 rings (SSSR count). The fourth-order valence-corrected chi connectivity index (χ4v) is 2.06. The molecule has 0 aliphatic carbocycles. The zero-order valence-corrected chi connectivity index (χ0v) is 8.77. The molecule has 1 aliphatic rings. The van der Waals surface area contributed by atoms with Crippen molar-refractivity contribution in [3.05, 3.63) is 0 Å². The molecule has 0 radical (unpaired) electrons. The molecule has 0 aromatic heterocycles. The highest BCUT2D eigenvalue weighted by atomic mass is 32.2. The summed E-state index contributed by atoms with van der Waals surface area (Å²) >= 11 is 1.80. The SMILES string of the molecule is CC(N)CSCCN1CCNC1=O. The minimum atomic E-state index is 0.0707. The van der Waals surface area contributed by atoms with Crippen LogP contribution in [0.15, 0.2) is 0 Å². The molecule has 4 nitrogen and oxygen atoms in total. The third-order valence-electron chi connectivity index (χ3n) is 1.83. The summed E-state index contributed by atoms with van der Waals surface area (Å²) in [5.74, 6) is 1.95. The first-order valence-corrected chi connectivity index (χ1v) is 5.71. The van der Waals surface area contributed by atoms with Crippen LogP contribution in [0.5, 0.6) is 0 Å². The number of carbonyl (C=O) groups is 1. The number of nitrogens with two attached hydrogens (primary N) is 1. The van der Waals surface area contributed by atoms with E-state index in [2.05, 4.69) is 5.32 Å². The molecular formula is C8H17N3OS. The maximum absolute atomic E-state index is 11.1. The summed E-state index contributed by atoms with van der Waals surface area (Å²) in [6.45, 7) is 4.47. The molecule has 2 amide bonds. The molecule has 0 spiro atoms. The highest BCUT2D eigenvalue weighted by molar-refractivity contribution is 7.99. The van der Waals surface area contributed by atoms with E-state index in [9.17, 15) is 4.79 Å². The van der Waals surface area contributed by atoms with Gasteiger partial charge in [-0.1, -0.05) is 0 Å². The summed E-state index contributed by atoms with van der Waals surface area (Å²) < 4.78 is 0. The van der Waals surface area contributed by atoms with E-state index in [1.54, 1.807) is 11.8 Å². The molecule has 0 aromatic carbocycles. The Morgan fingerprint density at radius 1 is 1.77 bits per heavy atom. The van der Waals surface area contributed by atoms with Gasteiger partial charge in [-0.25, -0.2) is 4.79 Å². The predicted molar refractivity (Wildman–Crippen MR) is 55.9 cm³/mol. The second-order valence-electron chi connectivity index (χ2n) is 3.27. The second kappa shape index (κ2) is 5.34. The Bertz CT molecular complexity index is 175. The van der Waals surface area contributed by atoms with Crippen LogP contribution in [0.25, 0.3) is 0 Å². The van der Waals surface area contributed by atoms with Crippen molar-refractivity contribution in [1.82, 2.24) is 10.2 Å². The molecule has 1 atom stereocenters. The van der Waals surface area contributed by atoms with Gasteiger partial charge in [0.15, 0.2) is 0 Å². The van der Waals surface area contributed by atoms with E-state index >= 15 is 0 Å². The first-order chi connectivity index (χ1) is 6.20. The van der Waals surface area contributed by atoms with Crippen molar-refractivity contribution in [2.75, 3.05) is 31.1 Å². The number of amides is 2. The minimum absolute atomic E-state index is 0.0707.